The molecule has 1 fully saturated rings. The van der Waals surface area contributed by atoms with E-state index in [0.717, 1.165) is 10.5 Å². The van der Waals surface area contributed by atoms with Crippen molar-refractivity contribution in [2.45, 2.75) is 13.5 Å². The molecule has 1 aliphatic rings. The van der Waals surface area contributed by atoms with E-state index < -0.39 is 17.8 Å². The summed E-state index contributed by atoms with van der Waals surface area (Å²) >= 11 is 11.9. The Kier molecular flexibility index (Phi) is 7.39. The summed E-state index contributed by atoms with van der Waals surface area (Å²) < 4.78 is 11.6. The number of benzene rings is 3. The van der Waals surface area contributed by atoms with Crippen molar-refractivity contribution in [3.63, 3.8) is 0 Å². The second-order valence-electron chi connectivity index (χ2n) is 7.49. The molecule has 1 aliphatic heterocycles. The first-order valence-electron chi connectivity index (χ1n) is 10.7. The molecule has 3 aromatic rings. The Hall–Kier alpha value is -3.81. The smallest absolute Gasteiger partial charge is 0.335 e. The van der Waals surface area contributed by atoms with Crippen molar-refractivity contribution >= 4 is 52.8 Å². The highest BCUT2D eigenvalue weighted by atomic mass is 35.5. The van der Waals surface area contributed by atoms with E-state index in [-0.39, 0.29) is 11.3 Å². The minimum absolute atomic E-state index is 0.207. The average molecular weight is 511 g/mol. The Bertz CT molecular complexity index is 1320. The number of hydrogen-bond donors (Lipinski definition) is 1. The van der Waals surface area contributed by atoms with Gasteiger partial charge in [-0.05, 0) is 66.6 Å². The van der Waals surface area contributed by atoms with E-state index in [1.807, 2.05) is 19.1 Å². The van der Waals surface area contributed by atoms with Gasteiger partial charge in [-0.1, -0.05) is 47.5 Å². The number of anilines is 1. The molecule has 1 heterocycles. The molecule has 4 amide bonds. The van der Waals surface area contributed by atoms with Crippen LogP contribution in [0.2, 0.25) is 10.0 Å². The van der Waals surface area contributed by atoms with Crippen LogP contribution in [-0.2, 0) is 16.2 Å². The van der Waals surface area contributed by atoms with Crippen LogP contribution in [0.4, 0.5) is 10.5 Å². The zero-order chi connectivity index (χ0) is 24.9. The molecule has 35 heavy (non-hydrogen) atoms. The lowest BCUT2D eigenvalue weighted by Gasteiger charge is -2.26. The molecule has 0 aromatic heterocycles. The van der Waals surface area contributed by atoms with E-state index in [0.29, 0.717) is 40.3 Å². The van der Waals surface area contributed by atoms with E-state index in [2.05, 4.69) is 5.32 Å². The van der Waals surface area contributed by atoms with E-state index in [9.17, 15) is 14.4 Å². The molecule has 0 radical (unpaired) electrons. The summed E-state index contributed by atoms with van der Waals surface area (Å²) in [6, 6.07) is 17.7. The summed E-state index contributed by atoms with van der Waals surface area (Å²) in [4.78, 5) is 38.8. The molecule has 0 bridgehead atoms. The summed E-state index contributed by atoms with van der Waals surface area (Å²) in [6.45, 7) is 2.52. The molecule has 9 heteroatoms. The van der Waals surface area contributed by atoms with Gasteiger partial charge < -0.3 is 9.47 Å². The van der Waals surface area contributed by atoms with Crippen molar-refractivity contribution in [1.29, 1.82) is 0 Å². The van der Waals surface area contributed by atoms with Crippen LogP contribution in [0.15, 0.2) is 72.3 Å². The van der Waals surface area contributed by atoms with Crippen LogP contribution in [0, 0.1) is 0 Å². The molecule has 0 aliphatic carbocycles. The molecule has 4 rings (SSSR count). The van der Waals surface area contributed by atoms with Crippen molar-refractivity contribution in [3.05, 3.63) is 93.5 Å². The second kappa shape index (κ2) is 10.6. The van der Waals surface area contributed by atoms with Gasteiger partial charge in [0.25, 0.3) is 11.8 Å². The van der Waals surface area contributed by atoms with Crippen molar-refractivity contribution < 1.29 is 23.9 Å². The maximum atomic E-state index is 13.1. The van der Waals surface area contributed by atoms with Gasteiger partial charge in [0.2, 0.25) is 0 Å². The second-order valence-corrected chi connectivity index (χ2v) is 8.36. The van der Waals surface area contributed by atoms with Crippen LogP contribution in [-0.4, -0.2) is 24.5 Å². The Balaban J connectivity index is 1.61. The number of ether oxygens (including phenoxy) is 2. The third-order valence-corrected chi connectivity index (χ3v) is 5.54. The minimum atomic E-state index is -0.847. The van der Waals surface area contributed by atoms with Gasteiger partial charge in [-0.15, -0.1) is 0 Å². The Morgan fingerprint density at radius 3 is 2.37 bits per heavy atom. The number of nitrogens with zero attached hydrogens (tertiary/aromatic N) is 1. The summed E-state index contributed by atoms with van der Waals surface area (Å²) in [5.41, 5.74) is 1.49. The van der Waals surface area contributed by atoms with Crippen LogP contribution >= 0.6 is 23.2 Å². The van der Waals surface area contributed by atoms with Crippen LogP contribution in [0.1, 0.15) is 18.1 Å². The average Bonchev–Trinajstić information content (AvgIpc) is 2.82. The number of urea groups is 1. The SMILES string of the molecule is CCOc1cc(/C=C2\C(=O)NC(=O)N(c3cccc(Cl)c3)C2=O)ccc1OCc1ccc(Cl)cc1. The molecule has 0 saturated carbocycles. The first-order chi connectivity index (χ1) is 16.9. The lowest BCUT2D eigenvalue weighted by Crippen LogP contribution is -2.54. The van der Waals surface area contributed by atoms with Gasteiger partial charge in [-0.3, -0.25) is 14.9 Å². The van der Waals surface area contributed by atoms with Crippen molar-refractivity contribution in [2.75, 3.05) is 11.5 Å². The molecule has 3 aromatic carbocycles. The monoisotopic (exact) mass is 510 g/mol. The lowest BCUT2D eigenvalue weighted by atomic mass is 10.1. The first-order valence-corrected chi connectivity index (χ1v) is 11.4. The summed E-state index contributed by atoms with van der Waals surface area (Å²) in [5.74, 6) is -0.609. The predicted octanol–water partition coefficient (Wildman–Crippen LogP) is 5.64. The molecule has 0 atom stereocenters. The van der Waals surface area contributed by atoms with E-state index in [1.165, 1.54) is 12.1 Å². The number of nitrogens with one attached hydrogen (secondary N) is 1. The topological polar surface area (TPSA) is 84.9 Å². The fraction of sp³-hybridized carbons (Fsp3) is 0.115. The van der Waals surface area contributed by atoms with Crippen molar-refractivity contribution in [1.82, 2.24) is 5.32 Å². The van der Waals surface area contributed by atoms with Crippen LogP contribution in [0.3, 0.4) is 0 Å². The number of carbonyl (C=O) groups excluding carboxylic acids is 3. The van der Waals surface area contributed by atoms with Crippen LogP contribution in [0.5, 0.6) is 11.5 Å². The number of hydrogen-bond acceptors (Lipinski definition) is 5. The number of barbiturate groups is 1. The largest absolute Gasteiger partial charge is 0.490 e. The molecule has 0 spiro atoms. The molecule has 178 valence electrons. The lowest BCUT2D eigenvalue weighted by molar-refractivity contribution is -0.122. The fourth-order valence-electron chi connectivity index (χ4n) is 3.42. The normalized spacial score (nSPS) is 14.8. The number of amides is 4. The molecule has 0 unspecified atom stereocenters. The summed E-state index contributed by atoms with van der Waals surface area (Å²) in [6.07, 6.45) is 1.40. The van der Waals surface area contributed by atoms with Crippen molar-refractivity contribution in [3.8, 4) is 11.5 Å². The Morgan fingerprint density at radius 1 is 0.886 bits per heavy atom. The maximum absolute atomic E-state index is 13.1. The number of carbonyl (C=O) groups is 3. The van der Waals surface area contributed by atoms with Gasteiger partial charge in [0.1, 0.15) is 12.2 Å². The highest BCUT2D eigenvalue weighted by Gasteiger charge is 2.36. The molecular weight excluding hydrogens is 491 g/mol. The maximum Gasteiger partial charge on any atom is 0.335 e. The minimum Gasteiger partial charge on any atom is -0.490 e. The van der Waals surface area contributed by atoms with Gasteiger partial charge >= 0.3 is 6.03 Å². The van der Waals surface area contributed by atoms with Crippen LogP contribution < -0.4 is 19.7 Å². The van der Waals surface area contributed by atoms with Gasteiger partial charge in [-0.2, -0.15) is 0 Å². The van der Waals surface area contributed by atoms with Gasteiger partial charge in [0.05, 0.1) is 12.3 Å². The summed E-state index contributed by atoms with van der Waals surface area (Å²) in [7, 11) is 0. The molecule has 1 N–H and O–H groups in total. The standard InChI is InChI=1S/C26H20Cl2N2O5/c1-2-34-23-13-17(8-11-22(23)35-15-16-6-9-18(27)10-7-16)12-21-24(31)29-26(33)30(25(21)32)20-5-3-4-19(28)14-20/h3-14H,2,15H2,1H3,(H,29,31,33)/b21-12+. The predicted molar refractivity (Wildman–Crippen MR) is 134 cm³/mol. The van der Waals surface area contributed by atoms with Gasteiger partial charge in [-0.25, -0.2) is 9.69 Å². The third kappa shape index (κ3) is 5.65. The third-order valence-electron chi connectivity index (χ3n) is 5.05. The quantitative estimate of drug-likeness (QED) is 0.328. The number of halogens is 2. The number of rotatable bonds is 7. The van der Waals surface area contributed by atoms with E-state index >= 15 is 0 Å². The van der Waals surface area contributed by atoms with Gasteiger partial charge in [0, 0.05) is 10.0 Å². The van der Waals surface area contributed by atoms with Gasteiger partial charge in [0.15, 0.2) is 11.5 Å². The first kappa shape index (κ1) is 24.3. The molecule has 7 nitrogen and oxygen atoms in total. The highest BCUT2D eigenvalue weighted by Crippen LogP contribution is 2.31. The number of imide groups is 2. The zero-order valence-corrected chi connectivity index (χ0v) is 20.1. The Labute approximate surface area is 211 Å². The summed E-state index contributed by atoms with van der Waals surface area (Å²) in [5, 5.41) is 3.18. The van der Waals surface area contributed by atoms with Crippen LogP contribution in [0.25, 0.3) is 6.08 Å². The van der Waals surface area contributed by atoms with E-state index in [4.69, 9.17) is 32.7 Å². The van der Waals surface area contributed by atoms with E-state index in [1.54, 1.807) is 48.5 Å². The highest BCUT2D eigenvalue weighted by molar-refractivity contribution is 6.39. The van der Waals surface area contributed by atoms with Crippen molar-refractivity contribution in [2.24, 2.45) is 0 Å². The molecule has 1 saturated heterocycles. The fourth-order valence-corrected chi connectivity index (χ4v) is 3.73. The Morgan fingerprint density at radius 2 is 1.66 bits per heavy atom. The zero-order valence-electron chi connectivity index (χ0n) is 18.6. The molecular formula is C26H20Cl2N2O5.